The molecule has 1 N–H and O–H groups in total. The van der Waals surface area contributed by atoms with Gasteiger partial charge < -0.3 is 5.32 Å². The second kappa shape index (κ2) is 5.49. The van der Waals surface area contributed by atoms with Crippen LogP contribution in [-0.4, -0.2) is 24.9 Å². The van der Waals surface area contributed by atoms with Gasteiger partial charge in [-0.15, -0.1) is 0 Å². The second-order valence-electron chi connectivity index (χ2n) is 5.16. The lowest BCUT2D eigenvalue weighted by molar-refractivity contribution is -0.127. The molecule has 1 aliphatic rings. The van der Waals surface area contributed by atoms with Gasteiger partial charge in [-0.05, 0) is 36.8 Å². The molecule has 19 heavy (non-hydrogen) atoms. The molecule has 0 bridgehead atoms. The molecule has 0 atom stereocenters. The number of aryl methyl sites for hydroxylation is 1. The van der Waals surface area contributed by atoms with Gasteiger partial charge in [-0.3, -0.25) is 0 Å². The number of hydrogen-bond acceptors (Lipinski definition) is 1. The highest BCUT2D eigenvalue weighted by molar-refractivity contribution is 5.31. The van der Waals surface area contributed by atoms with Gasteiger partial charge in [0.25, 0.3) is 0 Å². The first kappa shape index (κ1) is 14.3. The smallest absolute Gasteiger partial charge is 0.308 e. The van der Waals surface area contributed by atoms with Crippen LogP contribution >= 0.6 is 0 Å². The second-order valence-corrected chi connectivity index (χ2v) is 5.16. The van der Waals surface area contributed by atoms with E-state index in [1.165, 1.54) is 11.1 Å². The van der Waals surface area contributed by atoms with Crippen molar-refractivity contribution in [1.82, 2.24) is 5.32 Å². The molecular weight excluding hydrogens is 258 g/mol. The van der Waals surface area contributed by atoms with Gasteiger partial charge in [-0.2, -0.15) is 8.78 Å². The molecule has 1 saturated carbocycles. The summed E-state index contributed by atoms with van der Waals surface area (Å²) in [4.78, 5) is 0. The third-order valence-corrected chi connectivity index (χ3v) is 3.71. The van der Waals surface area contributed by atoms with Crippen LogP contribution in [0.5, 0.6) is 0 Å². The Morgan fingerprint density at radius 2 is 1.89 bits per heavy atom. The van der Waals surface area contributed by atoms with Crippen LogP contribution in [0.25, 0.3) is 0 Å². The summed E-state index contributed by atoms with van der Waals surface area (Å²) in [6.45, 7) is 1.07. The van der Waals surface area contributed by atoms with Crippen LogP contribution in [0.2, 0.25) is 0 Å². The molecule has 2 rings (SSSR count). The maximum Gasteiger partial charge on any atom is 0.319 e. The highest BCUT2D eigenvalue weighted by atomic mass is 19.3. The molecule has 106 valence electrons. The van der Waals surface area contributed by atoms with Crippen molar-refractivity contribution in [1.29, 1.82) is 0 Å². The summed E-state index contributed by atoms with van der Waals surface area (Å²) in [6.07, 6.45) is -2.15. The topological polar surface area (TPSA) is 12.0 Å². The molecule has 0 amide bonds. The molecule has 5 heteroatoms. The zero-order valence-corrected chi connectivity index (χ0v) is 10.7. The molecule has 1 fully saturated rings. The van der Waals surface area contributed by atoms with Crippen LogP contribution < -0.4 is 5.32 Å². The Morgan fingerprint density at radius 3 is 2.47 bits per heavy atom. The highest BCUT2D eigenvalue weighted by Crippen LogP contribution is 2.38. The Morgan fingerprint density at radius 1 is 1.26 bits per heavy atom. The Balaban J connectivity index is 1.80. The van der Waals surface area contributed by atoms with Crippen LogP contribution in [0, 0.1) is 6.92 Å². The summed E-state index contributed by atoms with van der Waals surface area (Å²) in [5, 5.41) is 2.53. The van der Waals surface area contributed by atoms with Crippen molar-refractivity contribution in [3.63, 3.8) is 0 Å². The van der Waals surface area contributed by atoms with E-state index in [9.17, 15) is 17.6 Å². The molecule has 0 radical (unpaired) electrons. The number of halogens is 4. The van der Waals surface area contributed by atoms with Crippen molar-refractivity contribution in [3.8, 4) is 0 Å². The average molecular weight is 275 g/mol. The van der Waals surface area contributed by atoms with E-state index in [-0.39, 0.29) is 6.04 Å². The lowest BCUT2D eigenvalue weighted by atomic mass is 9.74. The van der Waals surface area contributed by atoms with E-state index in [0.717, 1.165) is 12.8 Å². The number of nitrogens with one attached hydrogen (secondary N) is 1. The predicted octanol–water partition coefficient (Wildman–Crippen LogP) is 3.73. The van der Waals surface area contributed by atoms with Gasteiger partial charge >= 0.3 is 12.3 Å². The van der Waals surface area contributed by atoms with Crippen LogP contribution in [0.1, 0.15) is 29.9 Å². The predicted molar refractivity (Wildman–Crippen MR) is 65.9 cm³/mol. The molecule has 0 spiro atoms. The SMILES string of the molecule is Cc1ccccc1C1CC(NCC(F)(F)C(F)F)C1. The highest BCUT2D eigenvalue weighted by Gasteiger charge is 2.42. The Kier molecular flexibility index (Phi) is 4.13. The largest absolute Gasteiger partial charge is 0.319 e. The van der Waals surface area contributed by atoms with Gasteiger partial charge in [0.1, 0.15) is 0 Å². The zero-order chi connectivity index (χ0) is 14.0. The van der Waals surface area contributed by atoms with Gasteiger partial charge in [0.05, 0.1) is 6.54 Å². The fourth-order valence-corrected chi connectivity index (χ4v) is 2.44. The Labute approximate surface area is 110 Å². The maximum atomic E-state index is 12.7. The van der Waals surface area contributed by atoms with E-state index in [1.54, 1.807) is 0 Å². The fraction of sp³-hybridized carbons (Fsp3) is 0.571. The molecule has 1 aliphatic carbocycles. The summed E-state index contributed by atoms with van der Waals surface area (Å²) < 4.78 is 49.5. The van der Waals surface area contributed by atoms with E-state index in [1.807, 2.05) is 31.2 Å². The van der Waals surface area contributed by atoms with Crippen LogP contribution in [0.3, 0.4) is 0 Å². The fourth-order valence-electron chi connectivity index (χ4n) is 2.44. The van der Waals surface area contributed by atoms with E-state index in [2.05, 4.69) is 5.32 Å². The van der Waals surface area contributed by atoms with E-state index >= 15 is 0 Å². The van der Waals surface area contributed by atoms with Gasteiger partial charge in [0.15, 0.2) is 0 Å². The van der Waals surface area contributed by atoms with E-state index in [0.29, 0.717) is 5.92 Å². The normalized spacial score (nSPS) is 23.5. The number of benzene rings is 1. The first-order valence-corrected chi connectivity index (χ1v) is 6.35. The summed E-state index contributed by atoms with van der Waals surface area (Å²) in [5.74, 6) is -3.59. The summed E-state index contributed by atoms with van der Waals surface area (Å²) in [7, 11) is 0. The van der Waals surface area contributed by atoms with E-state index < -0.39 is 18.9 Å². The quantitative estimate of drug-likeness (QED) is 0.807. The lowest BCUT2D eigenvalue weighted by Gasteiger charge is -2.37. The molecule has 0 saturated heterocycles. The first-order valence-electron chi connectivity index (χ1n) is 6.35. The van der Waals surface area contributed by atoms with Crippen molar-refractivity contribution in [2.75, 3.05) is 6.54 Å². The minimum atomic E-state index is -3.94. The van der Waals surface area contributed by atoms with Gasteiger partial charge in [-0.1, -0.05) is 24.3 Å². The third-order valence-electron chi connectivity index (χ3n) is 3.71. The van der Waals surface area contributed by atoms with Gasteiger partial charge in [-0.25, -0.2) is 8.78 Å². The zero-order valence-electron chi connectivity index (χ0n) is 10.7. The molecular formula is C14H17F4N. The summed E-state index contributed by atoms with van der Waals surface area (Å²) in [5.41, 5.74) is 2.41. The van der Waals surface area contributed by atoms with Crippen molar-refractivity contribution >= 4 is 0 Å². The molecule has 0 unspecified atom stereocenters. The third kappa shape index (κ3) is 3.26. The monoisotopic (exact) mass is 275 g/mol. The molecule has 1 aromatic carbocycles. The van der Waals surface area contributed by atoms with Crippen molar-refractivity contribution < 1.29 is 17.6 Å². The van der Waals surface area contributed by atoms with Crippen LogP contribution in [0.15, 0.2) is 24.3 Å². The van der Waals surface area contributed by atoms with E-state index in [4.69, 9.17) is 0 Å². The summed E-state index contributed by atoms with van der Waals surface area (Å²) >= 11 is 0. The molecule has 1 aromatic rings. The molecule has 0 heterocycles. The Bertz CT molecular complexity index is 427. The van der Waals surface area contributed by atoms with Gasteiger partial charge in [0, 0.05) is 6.04 Å². The van der Waals surface area contributed by atoms with Crippen LogP contribution in [0.4, 0.5) is 17.6 Å². The molecule has 1 nitrogen and oxygen atoms in total. The van der Waals surface area contributed by atoms with Crippen molar-refractivity contribution in [3.05, 3.63) is 35.4 Å². The van der Waals surface area contributed by atoms with Crippen molar-refractivity contribution in [2.24, 2.45) is 0 Å². The van der Waals surface area contributed by atoms with Crippen LogP contribution in [-0.2, 0) is 0 Å². The number of rotatable bonds is 5. The molecule has 0 aliphatic heterocycles. The Hall–Kier alpha value is -1.10. The summed E-state index contributed by atoms with van der Waals surface area (Å²) in [6, 6.07) is 7.87. The number of alkyl halides is 4. The maximum absolute atomic E-state index is 12.7. The number of hydrogen-bond donors (Lipinski definition) is 1. The minimum absolute atomic E-state index is 0.0887. The van der Waals surface area contributed by atoms with Crippen molar-refractivity contribution in [2.45, 2.75) is 44.1 Å². The average Bonchev–Trinajstić information content (AvgIpc) is 2.29. The molecule has 0 aromatic heterocycles. The minimum Gasteiger partial charge on any atom is -0.308 e. The van der Waals surface area contributed by atoms with Gasteiger partial charge in [0.2, 0.25) is 0 Å². The standard InChI is InChI=1S/C14H17F4N/c1-9-4-2-3-5-12(9)10-6-11(7-10)19-8-14(17,18)13(15)16/h2-5,10-11,13,19H,6-8H2,1H3. The lowest BCUT2D eigenvalue weighted by Crippen LogP contribution is -2.47. The first-order chi connectivity index (χ1) is 8.90.